The molecule has 0 aromatic heterocycles. The first-order valence-electron chi connectivity index (χ1n) is 10.4. The Morgan fingerprint density at radius 3 is 2.70 bits per heavy atom. The summed E-state index contributed by atoms with van der Waals surface area (Å²) in [4.78, 5) is 19.5. The molecule has 0 atom stereocenters. The second-order valence-corrected chi connectivity index (χ2v) is 9.69. The van der Waals surface area contributed by atoms with Crippen LogP contribution in [0.15, 0.2) is 47.4 Å². The molecule has 0 aliphatic carbocycles. The molecule has 33 heavy (non-hydrogen) atoms. The van der Waals surface area contributed by atoms with E-state index < -0.39 is 15.9 Å². The van der Waals surface area contributed by atoms with Crippen LogP contribution in [0, 0.1) is 0 Å². The zero-order valence-electron chi connectivity index (χ0n) is 18.6. The monoisotopic (exact) mass is 497 g/mol. The van der Waals surface area contributed by atoms with Crippen molar-refractivity contribution in [2.75, 3.05) is 53.6 Å². The predicted octanol–water partition coefficient (Wildman–Crippen LogP) is 2.16. The summed E-state index contributed by atoms with van der Waals surface area (Å²) in [6, 6.07) is 11.5. The van der Waals surface area contributed by atoms with Crippen molar-refractivity contribution in [3.05, 3.63) is 58.6 Å². The van der Waals surface area contributed by atoms with Crippen LogP contribution in [0.5, 0.6) is 5.75 Å². The van der Waals surface area contributed by atoms with E-state index >= 15 is 0 Å². The maximum Gasteiger partial charge on any atom is 0.266 e. The molecule has 2 aromatic carbocycles. The number of hydrogen-bond acceptors (Lipinski definition) is 7. The number of carbonyl (C=O) groups excluding carboxylic acids is 1. The van der Waals surface area contributed by atoms with Crippen molar-refractivity contribution < 1.29 is 27.5 Å². The molecule has 1 amide bonds. The normalized spacial score (nSPS) is 14.9. The lowest BCUT2D eigenvalue weighted by molar-refractivity contribution is -0.0258. The van der Waals surface area contributed by atoms with Crippen LogP contribution >= 0.6 is 11.6 Å². The van der Waals surface area contributed by atoms with Gasteiger partial charge < -0.3 is 14.8 Å². The molecule has 11 heteroatoms. The van der Waals surface area contributed by atoms with E-state index in [1.807, 2.05) is 24.3 Å². The van der Waals surface area contributed by atoms with Gasteiger partial charge in [-0.15, -0.1) is 0 Å². The second-order valence-electron chi connectivity index (χ2n) is 7.38. The zero-order chi connectivity index (χ0) is 23.8. The van der Waals surface area contributed by atoms with Crippen LogP contribution in [0.3, 0.4) is 0 Å². The minimum atomic E-state index is -3.99. The first-order valence-corrected chi connectivity index (χ1v) is 12.3. The van der Waals surface area contributed by atoms with Crippen LogP contribution in [0.2, 0.25) is 5.02 Å². The van der Waals surface area contributed by atoms with Gasteiger partial charge in [0.05, 0.1) is 25.3 Å². The minimum Gasteiger partial charge on any atom is -0.492 e. The Balaban J connectivity index is 1.58. The summed E-state index contributed by atoms with van der Waals surface area (Å²) in [5.74, 6) is 0.291. The van der Waals surface area contributed by atoms with Gasteiger partial charge in [-0.3, -0.25) is 14.5 Å². The smallest absolute Gasteiger partial charge is 0.266 e. The highest BCUT2D eigenvalue weighted by Crippen LogP contribution is 2.25. The minimum absolute atomic E-state index is 0.00243. The molecule has 3 rings (SSSR count). The van der Waals surface area contributed by atoms with Crippen LogP contribution in [0.1, 0.15) is 15.9 Å². The molecule has 0 spiro atoms. The first-order chi connectivity index (χ1) is 15.8. The number of benzene rings is 2. The molecule has 0 radical (unpaired) electrons. The Kier molecular flexibility index (Phi) is 9.07. The Morgan fingerprint density at radius 1 is 1.21 bits per heavy atom. The number of nitrogens with one attached hydrogen (secondary N) is 1. The van der Waals surface area contributed by atoms with Crippen molar-refractivity contribution in [2.24, 2.45) is 0 Å². The fourth-order valence-electron chi connectivity index (χ4n) is 3.23. The highest BCUT2D eigenvalue weighted by molar-refractivity contribution is 7.89. The zero-order valence-corrected chi connectivity index (χ0v) is 20.2. The number of halogens is 1. The second kappa shape index (κ2) is 11.8. The van der Waals surface area contributed by atoms with Gasteiger partial charge in [0.15, 0.2) is 0 Å². The number of sulfonamides is 1. The topological polar surface area (TPSA) is 97.4 Å². The van der Waals surface area contributed by atoms with Gasteiger partial charge in [0.1, 0.15) is 17.3 Å². The number of hydrogen-bond donors (Lipinski definition) is 1. The maximum atomic E-state index is 12.6. The Bertz CT molecular complexity index is 1060. The number of ether oxygens (including phenoxy) is 2. The van der Waals surface area contributed by atoms with Crippen molar-refractivity contribution >= 4 is 27.5 Å². The first kappa shape index (κ1) is 25.4. The number of rotatable bonds is 10. The van der Waals surface area contributed by atoms with Gasteiger partial charge >= 0.3 is 0 Å². The molecule has 1 saturated heterocycles. The Morgan fingerprint density at radius 2 is 1.97 bits per heavy atom. The fraction of sp³-hybridized carbons (Fsp3) is 0.409. The summed E-state index contributed by atoms with van der Waals surface area (Å²) in [7, 11) is -1.52. The summed E-state index contributed by atoms with van der Waals surface area (Å²) < 4.78 is 36.9. The quantitative estimate of drug-likeness (QED) is 0.502. The molecule has 2 aromatic rings. The van der Waals surface area contributed by atoms with Gasteiger partial charge in [0, 0.05) is 38.8 Å². The average Bonchev–Trinajstić information content (AvgIpc) is 2.83. The van der Waals surface area contributed by atoms with E-state index in [0.29, 0.717) is 11.1 Å². The molecule has 1 aliphatic rings. The van der Waals surface area contributed by atoms with E-state index in [9.17, 15) is 13.2 Å². The van der Waals surface area contributed by atoms with Gasteiger partial charge in [0.2, 0.25) is 0 Å². The van der Waals surface area contributed by atoms with E-state index in [0.717, 1.165) is 44.2 Å². The number of morpholine rings is 1. The average molecular weight is 498 g/mol. The van der Waals surface area contributed by atoms with Crippen molar-refractivity contribution in [3.63, 3.8) is 0 Å². The molecule has 1 aliphatic heterocycles. The fourth-order valence-corrected chi connectivity index (χ4v) is 4.70. The van der Waals surface area contributed by atoms with Gasteiger partial charge in [-0.05, 0) is 35.9 Å². The summed E-state index contributed by atoms with van der Waals surface area (Å²) in [6.07, 6.45) is 0. The molecular formula is C22H28ClN3O6S. The summed E-state index contributed by atoms with van der Waals surface area (Å²) in [5.41, 5.74) is 1.02. The molecule has 9 nitrogen and oxygen atoms in total. The molecule has 1 fully saturated rings. The Labute approximate surface area is 199 Å². The lowest BCUT2D eigenvalue weighted by atomic mass is 10.2. The van der Waals surface area contributed by atoms with E-state index in [1.165, 1.54) is 32.4 Å². The predicted molar refractivity (Wildman–Crippen MR) is 124 cm³/mol. The third kappa shape index (κ3) is 6.89. The number of carbonyl (C=O) groups is 1. The SMILES string of the molecule is CON(C)S(=O)(=O)c1cc(C(=O)NCc2cccc(OCCN3CCOCC3)c2)ccc1Cl. The lowest BCUT2D eigenvalue weighted by Gasteiger charge is -2.26. The summed E-state index contributed by atoms with van der Waals surface area (Å²) >= 11 is 6.05. The van der Waals surface area contributed by atoms with E-state index in [1.54, 1.807) is 0 Å². The van der Waals surface area contributed by atoms with E-state index in [-0.39, 0.29) is 22.0 Å². The highest BCUT2D eigenvalue weighted by atomic mass is 35.5. The van der Waals surface area contributed by atoms with Gasteiger partial charge in [-0.2, -0.15) is 0 Å². The largest absolute Gasteiger partial charge is 0.492 e. The van der Waals surface area contributed by atoms with Crippen LogP contribution in [0.25, 0.3) is 0 Å². The van der Waals surface area contributed by atoms with E-state index in [2.05, 4.69) is 10.2 Å². The van der Waals surface area contributed by atoms with Crippen LogP contribution in [-0.4, -0.2) is 77.3 Å². The van der Waals surface area contributed by atoms with Crippen molar-refractivity contribution in [2.45, 2.75) is 11.4 Å². The number of nitrogens with zero attached hydrogens (tertiary/aromatic N) is 2. The van der Waals surface area contributed by atoms with Crippen molar-refractivity contribution in [1.82, 2.24) is 14.7 Å². The molecule has 1 N–H and O–H groups in total. The molecule has 180 valence electrons. The molecule has 0 bridgehead atoms. The van der Waals surface area contributed by atoms with Crippen LogP contribution < -0.4 is 10.1 Å². The lowest BCUT2D eigenvalue weighted by Crippen LogP contribution is -2.38. The van der Waals surface area contributed by atoms with Crippen molar-refractivity contribution in [1.29, 1.82) is 0 Å². The number of amides is 1. The Hall–Kier alpha value is -2.21. The third-order valence-electron chi connectivity index (χ3n) is 5.20. The van der Waals surface area contributed by atoms with E-state index in [4.69, 9.17) is 25.9 Å². The summed E-state index contributed by atoms with van der Waals surface area (Å²) in [6.45, 7) is 4.95. The third-order valence-corrected chi connectivity index (χ3v) is 7.36. The standard InChI is InChI=1S/C22H28ClN3O6S/c1-25(30-2)33(28,29)21-15-18(6-7-20(21)23)22(27)24-16-17-4-3-5-19(14-17)32-13-10-26-8-11-31-12-9-26/h3-7,14-15H,8-13,16H2,1-2H3,(H,24,27). The molecular weight excluding hydrogens is 470 g/mol. The van der Waals surface area contributed by atoms with Crippen LogP contribution in [-0.2, 0) is 26.1 Å². The maximum absolute atomic E-state index is 12.6. The van der Waals surface area contributed by atoms with Crippen molar-refractivity contribution in [3.8, 4) is 5.75 Å². The highest BCUT2D eigenvalue weighted by Gasteiger charge is 2.25. The van der Waals surface area contributed by atoms with Crippen LogP contribution in [0.4, 0.5) is 0 Å². The van der Waals surface area contributed by atoms with Gasteiger partial charge in [0.25, 0.3) is 15.9 Å². The summed E-state index contributed by atoms with van der Waals surface area (Å²) in [5, 5.41) is 2.79. The van der Waals surface area contributed by atoms with Gasteiger partial charge in [-0.1, -0.05) is 28.2 Å². The molecule has 1 heterocycles. The number of hydroxylamine groups is 1. The van der Waals surface area contributed by atoms with Gasteiger partial charge in [-0.25, -0.2) is 8.42 Å². The molecule has 0 saturated carbocycles. The molecule has 0 unspecified atom stereocenters.